The maximum atomic E-state index is 14.7. The first-order chi connectivity index (χ1) is 18.1. The van der Waals surface area contributed by atoms with Crippen LogP contribution in [0.15, 0.2) is 36.5 Å². The molecule has 4 rings (SSSR count). The minimum Gasteiger partial charge on any atom is -0.534 e. The first-order valence-corrected chi connectivity index (χ1v) is 11.8. The summed E-state index contributed by atoms with van der Waals surface area (Å²) < 4.78 is 20.0. The number of carboxylic acids is 1. The van der Waals surface area contributed by atoms with Crippen molar-refractivity contribution in [3.63, 3.8) is 0 Å². The fourth-order valence-electron chi connectivity index (χ4n) is 4.34. The molecule has 0 radical (unpaired) electrons. The number of amides is 3. The van der Waals surface area contributed by atoms with Crippen LogP contribution < -0.4 is 15.3 Å². The second-order valence-corrected chi connectivity index (χ2v) is 8.65. The number of nitrogens with one attached hydrogen (secondary N) is 2. The molecule has 0 spiro atoms. The molecule has 1 fully saturated rings. The number of carboxylic acid groups (broad SMARTS) is 1. The van der Waals surface area contributed by atoms with Gasteiger partial charge in [-0.15, -0.1) is 0 Å². The monoisotopic (exact) mass is 529 g/mol. The lowest BCUT2D eigenvalue weighted by molar-refractivity contribution is -0.166. The van der Waals surface area contributed by atoms with Crippen LogP contribution in [0.25, 0.3) is 0 Å². The molecule has 0 bridgehead atoms. The lowest BCUT2D eigenvalue weighted by atomic mass is 9.72. The van der Waals surface area contributed by atoms with E-state index >= 15 is 0 Å². The highest BCUT2D eigenvalue weighted by molar-refractivity contribution is 6.47. The van der Waals surface area contributed by atoms with E-state index in [9.17, 15) is 38.8 Å². The van der Waals surface area contributed by atoms with E-state index in [0.717, 1.165) is 11.0 Å². The smallest absolute Gasteiger partial charge is 0.534 e. The highest BCUT2D eigenvalue weighted by Crippen LogP contribution is 2.30. The maximum Gasteiger partial charge on any atom is 0.547 e. The minimum absolute atomic E-state index is 0.0186. The Bertz CT molecular complexity index is 1270. The third kappa shape index (κ3) is 5.30. The molecule has 1 saturated heterocycles. The van der Waals surface area contributed by atoms with Crippen LogP contribution >= 0.6 is 0 Å². The van der Waals surface area contributed by atoms with Crippen molar-refractivity contribution in [3.8, 4) is 5.75 Å². The Morgan fingerprint density at radius 3 is 2.68 bits per heavy atom. The standard InChI is InChI=1S/C23H25BFN5O8/c1-2-29-9-10-30(21(33)20(29)32)23(36)28-17(16-14(25)7-4-8-26-16)19(31)27-15-11-12-5-3-6-13(22(34)35)18(12)38-24(15)37/h3-8,15,17,23,28,36-37H,2,9-11H2,1H3,(H,27,31)(H,34,35)/t15-,17?,23?/m0/s1. The Morgan fingerprint density at radius 2 is 2.00 bits per heavy atom. The Labute approximate surface area is 216 Å². The number of aliphatic hydroxyl groups is 1. The predicted molar refractivity (Wildman–Crippen MR) is 128 cm³/mol. The van der Waals surface area contributed by atoms with Gasteiger partial charge in [-0.2, -0.15) is 0 Å². The van der Waals surface area contributed by atoms with Crippen LogP contribution in [0.1, 0.15) is 34.6 Å². The van der Waals surface area contributed by atoms with Gasteiger partial charge in [0.1, 0.15) is 23.3 Å². The zero-order valence-corrected chi connectivity index (χ0v) is 20.2. The van der Waals surface area contributed by atoms with Gasteiger partial charge in [0.25, 0.3) is 0 Å². The van der Waals surface area contributed by atoms with Gasteiger partial charge in [0.05, 0.1) is 11.5 Å². The highest BCUT2D eigenvalue weighted by Gasteiger charge is 2.41. The minimum atomic E-state index is -1.85. The molecular weight excluding hydrogens is 504 g/mol. The van der Waals surface area contributed by atoms with Gasteiger partial charge in [-0.1, -0.05) is 12.1 Å². The third-order valence-corrected chi connectivity index (χ3v) is 6.33. The van der Waals surface area contributed by atoms with Gasteiger partial charge in [-0.3, -0.25) is 29.6 Å². The van der Waals surface area contributed by atoms with Crippen LogP contribution in [0.4, 0.5) is 4.39 Å². The Morgan fingerprint density at radius 1 is 1.24 bits per heavy atom. The molecule has 38 heavy (non-hydrogen) atoms. The zero-order valence-electron chi connectivity index (χ0n) is 20.2. The normalized spacial score (nSPS) is 18.9. The number of pyridine rings is 1. The molecule has 0 saturated carbocycles. The average molecular weight is 529 g/mol. The van der Waals surface area contributed by atoms with Crippen LogP contribution in [0.2, 0.25) is 0 Å². The SMILES string of the molecule is CCN1CCN(C(O)NC(C(=O)N[C@H]2Cc3cccc(C(=O)O)c3OB2O)c2ncccc2F)C(=O)C1=O. The van der Waals surface area contributed by atoms with Gasteiger partial charge in [-0.25, -0.2) is 9.18 Å². The van der Waals surface area contributed by atoms with E-state index in [0.29, 0.717) is 12.1 Å². The molecule has 2 aromatic rings. The molecule has 2 aliphatic heterocycles. The summed E-state index contributed by atoms with van der Waals surface area (Å²) in [7, 11) is -1.65. The molecule has 15 heteroatoms. The maximum absolute atomic E-state index is 14.7. The van der Waals surface area contributed by atoms with Crippen molar-refractivity contribution in [1.29, 1.82) is 0 Å². The van der Waals surface area contributed by atoms with Crippen LogP contribution in [0.5, 0.6) is 5.75 Å². The van der Waals surface area contributed by atoms with Gasteiger partial charge >= 0.3 is 24.9 Å². The molecule has 2 unspecified atom stereocenters. The summed E-state index contributed by atoms with van der Waals surface area (Å²) in [4.78, 5) is 55.5. The Kier molecular flexibility index (Phi) is 7.90. The number of piperazine rings is 1. The Balaban J connectivity index is 1.55. The van der Waals surface area contributed by atoms with Crippen LogP contribution in [0.3, 0.4) is 0 Å². The number of carbonyl (C=O) groups is 4. The molecule has 1 aromatic heterocycles. The summed E-state index contributed by atoms with van der Waals surface area (Å²) in [5.41, 5.74) is -0.159. The third-order valence-electron chi connectivity index (χ3n) is 6.33. The molecule has 13 nitrogen and oxygen atoms in total. The lowest BCUT2D eigenvalue weighted by Crippen LogP contribution is -2.62. The highest BCUT2D eigenvalue weighted by atomic mass is 19.1. The van der Waals surface area contributed by atoms with Gasteiger partial charge in [0.2, 0.25) is 5.91 Å². The molecule has 0 aliphatic carbocycles. The number of rotatable bonds is 8. The van der Waals surface area contributed by atoms with Crippen LogP contribution in [0, 0.1) is 5.82 Å². The predicted octanol–water partition coefficient (Wildman–Crippen LogP) is -1.34. The van der Waals surface area contributed by atoms with Gasteiger partial charge < -0.3 is 30.1 Å². The number of hydrogen-bond donors (Lipinski definition) is 5. The number of benzene rings is 1. The van der Waals surface area contributed by atoms with Crippen LogP contribution in [-0.4, -0.2) is 92.8 Å². The van der Waals surface area contributed by atoms with E-state index in [1.807, 2.05) is 0 Å². The number of nitrogens with zero attached hydrogens (tertiary/aromatic N) is 3. The number of carbonyl (C=O) groups excluding carboxylic acids is 3. The fraction of sp³-hybridized carbons (Fsp3) is 0.348. The quantitative estimate of drug-likeness (QED) is 0.156. The molecule has 3 heterocycles. The summed E-state index contributed by atoms with van der Waals surface area (Å²) >= 11 is 0. The van der Waals surface area contributed by atoms with Crippen molar-refractivity contribution in [1.82, 2.24) is 25.4 Å². The zero-order chi connectivity index (χ0) is 27.6. The van der Waals surface area contributed by atoms with Crippen molar-refractivity contribution in [2.24, 2.45) is 0 Å². The lowest BCUT2D eigenvalue weighted by Gasteiger charge is -2.37. The molecule has 200 valence electrons. The van der Waals surface area contributed by atoms with Crippen molar-refractivity contribution < 1.29 is 43.5 Å². The number of fused-ring (bicyclic) bond motifs is 1. The van der Waals surface area contributed by atoms with Gasteiger partial charge in [0.15, 0.2) is 6.35 Å². The largest absolute Gasteiger partial charge is 0.547 e. The number of likely N-dealkylation sites (N-methyl/N-ethyl adjacent to an activating group) is 1. The number of aromatic nitrogens is 1. The molecule has 3 atom stereocenters. The number of aromatic carboxylic acids is 1. The van der Waals surface area contributed by atoms with Gasteiger partial charge in [0, 0.05) is 25.8 Å². The fourth-order valence-corrected chi connectivity index (χ4v) is 4.34. The summed E-state index contributed by atoms with van der Waals surface area (Å²) in [5, 5.41) is 35.5. The second-order valence-electron chi connectivity index (χ2n) is 8.65. The summed E-state index contributed by atoms with van der Waals surface area (Å²) in [6.45, 7) is 2.11. The number of halogens is 1. The summed E-state index contributed by atoms with van der Waals surface area (Å²) in [5.74, 6) is -6.02. The van der Waals surface area contributed by atoms with E-state index in [2.05, 4.69) is 15.6 Å². The van der Waals surface area contributed by atoms with E-state index < -0.39 is 60.7 Å². The van der Waals surface area contributed by atoms with Crippen molar-refractivity contribution in [3.05, 3.63) is 59.2 Å². The summed E-state index contributed by atoms with van der Waals surface area (Å²) in [6, 6.07) is 5.06. The molecule has 2 aliphatic rings. The van der Waals surface area contributed by atoms with Crippen molar-refractivity contribution in [2.75, 3.05) is 19.6 Å². The van der Waals surface area contributed by atoms with Crippen molar-refractivity contribution >= 4 is 30.8 Å². The van der Waals surface area contributed by atoms with E-state index in [1.54, 1.807) is 13.0 Å². The first kappa shape index (κ1) is 27.0. The van der Waals surface area contributed by atoms with E-state index in [4.69, 9.17) is 4.65 Å². The van der Waals surface area contributed by atoms with E-state index in [1.165, 1.54) is 29.3 Å². The molecule has 1 aromatic carbocycles. The molecular formula is C23H25BFN5O8. The first-order valence-electron chi connectivity index (χ1n) is 11.8. The van der Waals surface area contributed by atoms with Gasteiger partial charge in [-0.05, 0) is 37.1 Å². The topological polar surface area (TPSA) is 182 Å². The molecule has 3 amide bonds. The average Bonchev–Trinajstić information content (AvgIpc) is 2.89. The van der Waals surface area contributed by atoms with Crippen molar-refractivity contribution in [2.45, 2.75) is 31.7 Å². The number of para-hydroxylation sites is 1. The van der Waals surface area contributed by atoms with E-state index in [-0.39, 0.29) is 30.8 Å². The van der Waals surface area contributed by atoms with Crippen LogP contribution in [-0.2, 0) is 20.8 Å². The number of hydrogen-bond acceptors (Lipinski definition) is 9. The number of aliphatic hydroxyl groups excluding tert-OH is 1. The molecule has 5 N–H and O–H groups in total. The Hall–Kier alpha value is -4.08. The summed E-state index contributed by atoms with van der Waals surface area (Å²) in [6.07, 6.45) is -0.645. The second kappa shape index (κ2) is 11.1.